The number of carbonyl (C=O) groups is 1. The molecule has 24 heavy (non-hydrogen) atoms. The number of hydrogen-bond acceptors (Lipinski definition) is 5. The molecule has 2 saturated heterocycles. The second-order valence-electron chi connectivity index (χ2n) is 6.71. The number of morpholine rings is 1. The van der Waals surface area contributed by atoms with Crippen LogP contribution in [0.4, 0.5) is 11.4 Å². The van der Waals surface area contributed by atoms with Crippen LogP contribution >= 0.6 is 0 Å². The Balaban J connectivity index is 1.76. The Bertz CT molecular complexity index is 687. The molecule has 0 aliphatic carbocycles. The van der Waals surface area contributed by atoms with Gasteiger partial charge in [-0.15, -0.1) is 0 Å². The first-order valence-electron chi connectivity index (χ1n) is 8.52. The van der Waals surface area contributed by atoms with Gasteiger partial charge < -0.3 is 25.0 Å². The summed E-state index contributed by atoms with van der Waals surface area (Å²) in [6.07, 6.45) is 0. The Labute approximate surface area is 141 Å². The van der Waals surface area contributed by atoms with E-state index in [1.807, 2.05) is 30.9 Å². The Morgan fingerprint density at radius 1 is 1.29 bits per heavy atom. The molecule has 0 atom stereocenters. The van der Waals surface area contributed by atoms with E-state index in [4.69, 9.17) is 9.47 Å². The van der Waals surface area contributed by atoms with E-state index in [2.05, 4.69) is 16.7 Å². The van der Waals surface area contributed by atoms with Gasteiger partial charge in [0, 0.05) is 23.8 Å². The van der Waals surface area contributed by atoms with Crippen LogP contribution < -0.4 is 15.5 Å². The lowest BCUT2D eigenvalue weighted by Crippen LogP contribution is -2.40. The van der Waals surface area contributed by atoms with Crippen LogP contribution in [-0.2, 0) is 14.3 Å². The van der Waals surface area contributed by atoms with E-state index < -0.39 is 0 Å². The standard InChI is InChI=1S/C18H23N3O3/c1-11(2)21-16-4-3-12(20-13-8-24-9-13)7-14(16)17(18(21)22)15-10-23-6-5-19-15/h3-4,7,11,13,19-20H,5-6,8-10H2,1-2H3/b17-15-. The van der Waals surface area contributed by atoms with E-state index in [0.717, 1.165) is 48.0 Å². The predicted molar refractivity (Wildman–Crippen MR) is 93.0 cm³/mol. The van der Waals surface area contributed by atoms with Crippen molar-refractivity contribution in [1.29, 1.82) is 0 Å². The molecule has 1 aromatic rings. The number of nitrogens with zero attached hydrogens (tertiary/aromatic N) is 1. The zero-order valence-corrected chi connectivity index (χ0v) is 14.1. The van der Waals surface area contributed by atoms with Crippen molar-refractivity contribution in [1.82, 2.24) is 5.32 Å². The number of ether oxygens (including phenoxy) is 2. The maximum atomic E-state index is 13.0. The lowest BCUT2D eigenvalue weighted by molar-refractivity contribution is -0.113. The quantitative estimate of drug-likeness (QED) is 0.825. The molecular weight excluding hydrogens is 306 g/mol. The van der Waals surface area contributed by atoms with Gasteiger partial charge in [0.05, 0.1) is 49.4 Å². The lowest BCUT2D eigenvalue weighted by atomic mass is 10.0. The molecule has 2 fully saturated rings. The van der Waals surface area contributed by atoms with Crippen LogP contribution in [0, 0.1) is 0 Å². The molecule has 2 N–H and O–H groups in total. The number of anilines is 2. The normalized spacial score (nSPS) is 24.0. The van der Waals surface area contributed by atoms with Crippen LogP contribution in [-0.4, -0.2) is 51.0 Å². The molecule has 6 heteroatoms. The highest BCUT2D eigenvalue weighted by atomic mass is 16.5. The van der Waals surface area contributed by atoms with E-state index >= 15 is 0 Å². The Hall–Kier alpha value is -2.05. The number of benzene rings is 1. The number of amides is 1. The zero-order chi connectivity index (χ0) is 16.7. The Morgan fingerprint density at radius 3 is 2.75 bits per heavy atom. The van der Waals surface area contributed by atoms with Crippen LogP contribution in [0.5, 0.6) is 0 Å². The van der Waals surface area contributed by atoms with E-state index in [1.165, 1.54) is 0 Å². The van der Waals surface area contributed by atoms with Crippen molar-refractivity contribution in [3.05, 3.63) is 29.5 Å². The fourth-order valence-electron chi connectivity index (χ4n) is 3.40. The smallest absolute Gasteiger partial charge is 0.261 e. The molecule has 0 unspecified atom stereocenters. The third-order valence-corrected chi connectivity index (χ3v) is 4.62. The number of rotatable bonds is 3. The first-order valence-corrected chi connectivity index (χ1v) is 8.52. The van der Waals surface area contributed by atoms with Crippen LogP contribution in [0.25, 0.3) is 5.57 Å². The molecule has 4 rings (SSSR count). The highest BCUT2D eigenvalue weighted by Gasteiger charge is 2.37. The highest BCUT2D eigenvalue weighted by Crippen LogP contribution is 2.41. The van der Waals surface area contributed by atoms with Crippen LogP contribution in [0.2, 0.25) is 0 Å². The van der Waals surface area contributed by atoms with Gasteiger partial charge in [-0.3, -0.25) is 4.79 Å². The minimum Gasteiger partial charge on any atom is -0.383 e. The van der Waals surface area contributed by atoms with Gasteiger partial charge in [-0.25, -0.2) is 0 Å². The maximum Gasteiger partial charge on any atom is 0.261 e. The van der Waals surface area contributed by atoms with Gasteiger partial charge in [-0.1, -0.05) is 0 Å². The van der Waals surface area contributed by atoms with Gasteiger partial charge in [-0.2, -0.15) is 0 Å². The van der Waals surface area contributed by atoms with Crippen LogP contribution in [0.1, 0.15) is 19.4 Å². The molecule has 0 aromatic heterocycles. The molecule has 0 spiro atoms. The minimum absolute atomic E-state index is 0.0529. The summed E-state index contributed by atoms with van der Waals surface area (Å²) in [5.41, 5.74) is 4.61. The second-order valence-corrected chi connectivity index (χ2v) is 6.71. The molecule has 1 amide bonds. The molecule has 1 aromatic carbocycles. The molecule has 0 saturated carbocycles. The van der Waals surface area contributed by atoms with Crippen molar-refractivity contribution in [2.45, 2.75) is 25.9 Å². The summed E-state index contributed by atoms with van der Waals surface area (Å²) < 4.78 is 10.8. The molecule has 128 valence electrons. The molecule has 0 bridgehead atoms. The van der Waals surface area contributed by atoms with E-state index in [0.29, 0.717) is 19.3 Å². The molecular formula is C18H23N3O3. The summed E-state index contributed by atoms with van der Waals surface area (Å²) in [5.74, 6) is 0.0529. The first kappa shape index (κ1) is 15.5. The van der Waals surface area contributed by atoms with Crippen molar-refractivity contribution in [2.75, 3.05) is 43.2 Å². The summed E-state index contributed by atoms with van der Waals surface area (Å²) in [5, 5.41) is 6.80. The molecule has 0 radical (unpaired) electrons. The summed E-state index contributed by atoms with van der Waals surface area (Å²) >= 11 is 0. The fraction of sp³-hybridized carbons (Fsp3) is 0.500. The second kappa shape index (κ2) is 6.11. The van der Waals surface area contributed by atoms with Gasteiger partial charge in [0.1, 0.15) is 0 Å². The third-order valence-electron chi connectivity index (χ3n) is 4.62. The zero-order valence-electron chi connectivity index (χ0n) is 14.1. The van der Waals surface area contributed by atoms with E-state index in [9.17, 15) is 4.79 Å². The molecule has 3 aliphatic rings. The van der Waals surface area contributed by atoms with Gasteiger partial charge >= 0.3 is 0 Å². The number of carbonyl (C=O) groups excluding carboxylic acids is 1. The van der Waals surface area contributed by atoms with Crippen molar-refractivity contribution >= 4 is 22.9 Å². The van der Waals surface area contributed by atoms with Crippen molar-refractivity contribution < 1.29 is 14.3 Å². The van der Waals surface area contributed by atoms with E-state index in [-0.39, 0.29) is 11.9 Å². The van der Waals surface area contributed by atoms with Gasteiger partial charge in [-0.05, 0) is 32.0 Å². The van der Waals surface area contributed by atoms with Gasteiger partial charge in [0.15, 0.2) is 0 Å². The summed E-state index contributed by atoms with van der Waals surface area (Å²) in [6.45, 7) is 7.42. The number of fused-ring (bicyclic) bond motifs is 1. The van der Waals surface area contributed by atoms with Crippen LogP contribution in [0.3, 0.4) is 0 Å². The molecule has 3 aliphatic heterocycles. The Kier molecular flexibility index (Phi) is 3.94. The monoisotopic (exact) mass is 329 g/mol. The topological polar surface area (TPSA) is 62.8 Å². The SMILES string of the molecule is CC(C)N1C(=O)/C(=C2/COCCN2)c2cc(NC3COC3)ccc21. The van der Waals surface area contributed by atoms with Crippen molar-refractivity contribution in [3.63, 3.8) is 0 Å². The molecule has 6 nitrogen and oxygen atoms in total. The summed E-state index contributed by atoms with van der Waals surface area (Å²) in [4.78, 5) is 14.9. The Morgan fingerprint density at radius 2 is 2.12 bits per heavy atom. The van der Waals surface area contributed by atoms with Gasteiger partial charge in [0.25, 0.3) is 5.91 Å². The third kappa shape index (κ3) is 2.56. The number of nitrogens with one attached hydrogen (secondary N) is 2. The lowest BCUT2D eigenvalue weighted by Gasteiger charge is -2.28. The number of hydrogen-bond donors (Lipinski definition) is 2. The van der Waals surface area contributed by atoms with E-state index in [1.54, 1.807) is 0 Å². The fourth-order valence-corrected chi connectivity index (χ4v) is 3.40. The van der Waals surface area contributed by atoms with Gasteiger partial charge in [0.2, 0.25) is 0 Å². The average molecular weight is 329 g/mol. The predicted octanol–water partition coefficient (Wildman–Crippen LogP) is 1.58. The average Bonchev–Trinajstić information content (AvgIpc) is 2.83. The summed E-state index contributed by atoms with van der Waals surface area (Å²) in [6, 6.07) is 6.61. The van der Waals surface area contributed by atoms with Crippen molar-refractivity contribution in [3.8, 4) is 0 Å². The van der Waals surface area contributed by atoms with Crippen molar-refractivity contribution in [2.24, 2.45) is 0 Å². The first-order chi connectivity index (χ1) is 11.6. The molecule has 3 heterocycles. The summed E-state index contributed by atoms with van der Waals surface area (Å²) in [7, 11) is 0. The highest BCUT2D eigenvalue weighted by molar-refractivity contribution is 6.33. The largest absolute Gasteiger partial charge is 0.383 e. The minimum atomic E-state index is 0.0529. The maximum absolute atomic E-state index is 13.0. The van der Waals surface area contributed by atoms with Crippen LogP contribution in [0.15, 0.2) is 23.9 Å².